The summed E-state index contributed by atoms with van der Waals surface area (Å²) in [5, 5.41) is 3.90. The van der Waals surface area contributed by atoms with Gasteiger partial charge in [-0.05, 0) is 53.3 Å². The van der Waals surface area contributed by atoms with E-state index in [2.05, 4.69) is 27.9 Å². The molecule has 0 spiro atoms. The smallest absolute Gasteiger partial charge is 0.333 e. The van der Waals surface area contributed by atoms with Crippen molar-refractivity contribution >= 4 is 45.8 Å². The van der Waals surface area contributed by atoms with Crippen molar-refractivity contribution < 1.29 is 9.53 Å². The zero-order chi connectivity index (χ0) is 15.2. The van der Waals surface area contributed by atoms with E-state index >= 15 is 0 Å². The molecule has 21 heavy (non-hydrogen) atoms. The highest BCUT2D eigenvalue weighted by Crippen LogP contribution is 2.27. The van der Waals surface area contributed by atoms with Crippen molar-refractivity contribution in [2.24, 2.45) is 0 Å². The number of benzene rings is 2. The van der Waals surface area contributed by atoms with Gasteiger partial charge in [0.05, 0.1) is 6.61 Å². The maximum atomic E-state index is 12.2. The van der Waals surface area contributed by atoms with Gasteiger partial charge < -0.3 is 10.1 Å². The standard InChI is InChI=1S/C16H15ClINO2/c1-2-21-16(20)15(11-6-4-3-5-7-11)19-14-9-8-12(17)10-13(14)18/h3-10,15,19H,2H2,1H3. The Balaban J connectivity index is 2.30. The second-order valence-electron chi connectivity index (χ2n) is 4.36. The Kier molecular flexibility index (Phi) is 5.87. The minimum atomic E-state index is -0.541. The van der Waals surface area contributed by atoms with Crippen LogP contribution in [0.25, 0.3) is 0 Å². The van der Waals surface area contributed by atoms with Gasteiger partial charge in [0.1, 0.15) is 0 Å². The summed E-state index contributed by atoms with van der Waals surface area (Å²) in [6, 6.07) is 14.5. The molecule has 3 nitrogen and oxygen atoms in total. The summed E-state index contributed by atoms with van der Waals surface area (Å²) in [5.74, 6) is -0.297. The largest absolute Gasteiger partial charge is 0.464 e. The van der Waals surface area contributed by atoms with Gasteiger partial charge in [0.15, 0.2) is 6.04 Å². The summed E-state index contributed by atoms with van der Waals surface area (Å²) in [6.07, 6.45) is 0. The molecule has 0 heterocycles. The third kappa shape index (κ3) is 4.35. The lowest BCUT2D eigenvalue weighted by molar-refractivity contribution is -0.144. The van der Waals surface area contributed by atoms with Crippen molar-refractivity contribution in [2.45, 2.75) is 13.0 Å². The fourth-order valence-corrected chi connectivity index (χ4v) is 2.94. The van der Waals surface area contributed by atoms with Crippen LogP contribution in [0, 0.1) is 3.57 Å². The minimum absolute atomic E-state index is 0.297. The van der Waals surface area contributed by atoms with E-state index in [9.17, 15) is 4.79 Å². The van der Waals surface area contributed by atoms with E-state index in [4.69, 9.17) is 16.3 Å². The molecule has 0 saturated carbocycles. The number of rotatable bonds is 5. The second-order valence-corrected chi connectivity index (χ2v) is 5.96. The summed E-state index contributed by atoms with van der Waals surface area (Å²) in [4.78, 5) is 12.2. The quantitative estimate of drug-likeness (QED) is 0.570. The Morgan fingerprint density at radius 3 is 2.62 bits per heavy atom. The topological polar surface area (TPSA) is 38.3 Å². The van der Waals surface area contributed by atoms with E-state index in [1.54, 1.807) is 13.0 Å². The van der Waals surface area contributed by atoms with Crippen molar-refractivity contribution in [3.05, 3.63) is 62.7 Å². The predicted octanol–water partition coefficient (Wildman–Crippen LogP) is 4.66. The average molecular weight is 416 g/mol. The molecular weight excluding hydrogens is 401 g/mol. The van der Waals surface area contributed by atoms with Crippen LogP contribution in [-0.4, -0.2) is 12.6 Å². The minimum Gasteiger partial charge on any atom is -0.464 e. The van der Waals surface area contributed by atoms with Gasteiger partial charge in [0.25, 0.3) is 0 Å². The molecule has 1 unspecified atom stereocenters. The Morgan fingerprint density at radius 1 is 1.29 bits per heavy atom. The highest BCUT2D eigenvalue weighted by atomic mass is 127. The molecule has 5 heteroatoms. The summed E-state index contributed by atoms with van der Waals surface area (Å²) < 4.78 is 6.11. The van der Waals surface area contributed by atoms with E-state index in [1.165, 1.54) is 0 Å². The summed E-state index contributed by atoms with van der Waals surface area (Å²) in [7, 11) is 0. The second kappa shape index (κ2) is 7.66. The lowest BCUT2D eigenvalue weighted by atomic mass is 10.1. The Bertz CT molecular complexity index is 619. The van der Waals surface area contributed by atoms with Crippen molar-refractivity contribution in [3.8, 4) is 0 Å². The number of hydrogen-bond acceptors (Lipinski definition) is 3. The third-order valence-corrected chi connectivity index (χ3v) is 4.01. The van der Waals surface area contributed by atoms with E-state index in [0.717, 1.165) is 14.8 Å². The lowest BCUT2D eigenvalue weighted by Gasteiger charge is -2.19. The number of carbonyl (C=O) groups excluding carboxylic acids is 1. The molecule has 0 saturated heterocycles. The summed E-state index contributed by atoms with van der Waals surface area (Å²) >= 11 is 8.14. The summed E-state index contributed by atoms with van der Waals surface area (Å²) in [5.41, 5.74) is 1.71. The van der Waals surface area contributed by atoms with Gasteiger partial charge in [-0.25, -0.2) is 4.79 Å². The Labute approximate surface area is 142 Å². The van der Waals surface area contributed by atoms with E-state index < -0.39 is 6.04 Å². The Hall–Kier alpha value is -1.27. The van der Waals surface area contributed by atoms with Gasteiger partial charge in [-0.3, -0.25) is 0 Å². The third-order valence-electron chi connectivity index (χ3n) is 2.89. The zero-order valence-corrected chi connectivity index (χ0v) is 14.4. The number of esters is 1. The normalized spacial score (nSPS) is 11.8. The van der Waals surface area contributed by atoms with Gasteiger partial charge in [-0.2, -0.15) is 0 Å². The molecular formula is C16H15ClINO2. The average Bonchev–Trinajstić information content (AvgIpc) is 2.47. The molecule has 0 bridgehead atoms. The highest BCUT2D eigenvalue weighted by molar-refractivity contribution is 14.1. The fourth-order valence-electron chi connectivity index (χ4n) is 1.91. The van der Waals surface area contributed by atoms with Crippen LogP contribution in [0.4, 0.5) is 5.69 Å². The molecule has 0 radical (unpaired) electrons. The molecule has 0 aliphatic rings. The van der Waals surface area contributed by atoms with E-state index in [1.807, 2.05) is 42.5 Å². The number of hydrogen-bond donors (Lipinski definition) is 1. The lowest BCUT2D eigenvalue weighted by Crippen LogP contribution is -2.23. The first kappa shape index (κ1) is 16.1. The molecule has 2 rings (SSSR count). The number of ether oxygens (including phenoxy) is 1. The highest BCUT2D eigenvalue weighted by Gasteiger charge is 2.22. The van der Waals surface area contributed by atoms with Crippen LogP contribution in [0.3, 0.4) is 0 Å². The molecule has 2 aromatic rings. The molecule has 0 amide bonds. The van der Waals surface area contributed by atoms with Gasteiger partial charge in [0, 0.05) is 14.3 Å². The number of halogens is 2. The maximum Gasteiger partial charge on any atom is 0.333 e. The van der Waals surface area contributed by atoms with Gasteiger partial charge in [-0.15, -0.1) is 0 Å². The predicted molar refractivity (Wildman–Crippen MR) is 93.6 cm³/mol. The number of anilines is 1. The van der Waals surface area contributed by atoms with Crippen molar-refractivity contribution in [2.75, 3.05) is 11.9 Å². The van der Waals surface area contributed by atoms with E-state index in [0.29, 0.717) is 11.6 Å². The van der Waals surface area contributed by atoms with Crippen LogP contribution in [-0.2, 0) is 9.53 Å². The van der Waals surface area contributed by atoms with Crippen LogP contribution in [0.1, 0.15) is 18.5 Å². The number of nitrogens with one attached hydrogen (secondary N) is 1. The van der Waals surface area contributed by atoms with Crippen molar-refractivity contribution in [3.63, 3.8) is 0 Å². The van der Waals surface area contributed by atoms with Crippen LogP contribution >= 0.6 is 34.2 Å². The molecule has 0 aliphatic heterocycles. The molecule has 0 aliphatic carbocycles. The molecule has 1 N–H and O–H groups in total. The Morgan fingerprint density at radius 2 is 2.00 bits per heavy atom. The van der Waals surface area contributed by atoms with E-state index in [-0.39, 0.29) is 5.97 Å². The van der Waals surface area contributed by atoms with Crippen LogP contribution < -0.4 is 5.32 Å². The molecule has 0 aromatic heterocycles. The molecule has 1 atom stereocenters. The van der Waals surface area contributed by atoms with Crippen LogP contribution in [0.15, 0.2) is 48.5 Å². The molecule has 0 fully saturated rings. The fraction of sp³-hybridized carbons (Fsp3) is 0.188. The first-order valence-electron chi connectivity index (χ1n) is 6.55. The molecule has 2 aromatic carbocycles. The maximum absolute atomic E-state index is 12.2. The summed E-state index contributed by atoms with van der Waals surface area (Å²) in [6.45, 7) is 2.15. The van der Waals surface area contributed by atoms with Gasteiger partial charge in [0.2, 0.25) is 0 Å². The van der Waals surface area contributed by atoms with Crippen LogP contribution in [0.2, 0.25) is 5.02 Å². The van der Waals surface area contributed by atoms with Crippen molar-refractivity contribution in [1.29, 1.82) is 0 Å². The zero-order valence-electron chi connectivity index (χ0n) is 11.5. The first-order chi connectivity index (χ1) is 10.1. The molecule has 110 valence electrons. The van der Waals surface area contributed by atoms with Gasteiger partial charge >= 0.3 is 5.97 Å². The van der Waals surface area contributed by atoms with Gasteiger partial charge in [-0.1, -0.05) is 41.9 Å². The van der Waals surface area contributed by atoms with Crippen LogP contribution in [0.5, 0.6) is 0 Å². The SMILES string of the molecule is CCOC(=O)C(Nc1ccc(Cl)cc1I)c1ccccc1. The number of carbonyl (C=O) groups is 1. The first-order valence-corrected chi connectivity index (χ1v) is 8.00. The van der Waals surface area contributed by atoms with Crippen molar-refractivity contribution in [1.82, 2.24) is 0 Å². The monoisotopic (exact) mass is 415 g/mol.